The SMILES string of the molecule is CC(O)(C=O)CCc1cccc(O)c1. The molecule has 3 nitrogen and oxygen atoms in total. The standard InChI is InChI=1S/C11H14O3/c1-11(14,8-12)6-5-9-3-2-4-10(13)7-9/h2-4,7-8,13-14H,5-6H2,1H3. The second-order valence-electron chi connectivity index (χ2n) is 3.64. The fourth-order valence-electron chi connectivity index (χ4n) is 1.17. The van der Waals surface area contributed by atoms with Crippen LogP contribution >= 0.6 is 0 Å². The van der Waals surface area contributed by atoms with Crippen LogP contribution in [0.2, 0.25) is 0 Å². The number of aldehydes is 1. The molecule has 2 N–H and O–H groups in total. The molecule has 0 aromatic heterocycles. The maximum absolute atomic E-state index is 10.4. The molecule has 0 saturated heterocycles. The van der Waals surface area contributed by atoms with E-state index in [1.807, 2.05) is 6.07 Å². The van der Waals surface area contributed by atoms with Crippen LogP contribution in [0, 0.1) is 0 Å². The second-order valence-corrected chi connectivity index (χ2v) is 3.64. The van der Waals surface area contributed by atoms with Gasteiger partial charge in [-0.3, -0.25) is 0 Å². The second kappa shape index (κ2) is 4.24. The number of aliphatic hydroxyl groups is 1. The van der Waals surface area contributed by atoms with Crippen LogP contribution in [0.25, 0.3) is 0 Å². The van der Waals surface area contributed by atoms with Crippen LogP contribution in [0.3, 0.4) is 0 Å². The molecule has 0 aliphatic carbocycles. The smallest absolute Gasteiger partial charge is 0.151 e. The summed E-state index contributed by atoms with van der Waals surface area (Å²) in [5, 5.41) is 18.6. The van der Waals surface area contributed by atoms with Gasteiger partial charge in [0.2, 0.25) is 0 Å². The Kier molecular flexibility index (Phi) is 3.25. The number of carbonyl (C=O) groups excluding carboxylic acids is 1. The van der Waals surface area contributed by atoms with Crippen molar-refractivity contribution in [2.24, 2.45) is 0 Å². The molecule has 14 heavy (non-hydrogen) atoms. The monoisotopic (exact) mass is 194 g/mol. The zero-order valence-electron chi connectivity index (χ0n) is 8.10. The average Bonchev–Trinajstić information content (AvgIpc) is 2.15. The van der Waals surface area contributed by atoms with Gasteiger partial charge in [0.05, 0.1) is 0 Å². The van der Waals surface area contributed by atoms with Gasteiger partial charge >= 0.3 is 0 Å². The number of benzene rings is 1. The molecule has 76 valence electrons. The minimum Gasteiger partial charge on any atom is -0.508 e. The Morgan fingerprint density at radius 2 is 2.21 bits per heavy atom. The number of carbonyl (C=O) groups is 1. The number of aryl methyl sites for hydroxylation is 1. The summed E-state index contributed by atoms with van der Waals surface area (Å²) in [5.74, 6) is 0.202. The zero-order chi connectivity index (χ0) is 10.6. The summed E-state index contributed by atoms with van der Waals surface area (Å²) in [6.07, 6.45) is 1.47. The predicted octanol–water partition coefficient (Wildman–Crippen LogP) is 1.27. The lowest BCUT2D eigenvalue weighted by molar-refractivity contribution is -0.122. The van der Waals surface area contributed by atoms with Crippen molar-refractivity contribution in [3.05, 3.63) is 29.8 Å². The Hall–Kier alpha value is -1.35. The Balaban J connectivity index is 2.58. The van der Waals surface area contributed by atoms with E-state index in [-0.39, 0.29) is 5.75 Å². The molecule has 3 heteroatoms. The van der Waals surface area contributed by atoms with E-state index in [1.165, 1.54) is 6.92 Å². The van der Waals surface area contributed by atoms with Crippen molar-refractivity contribution in [2.45, 2.75) is 25.4 Å². The van der Waals surface area contributed by atoms with E-state index in [4.69, 9.17) is 5.11 Å². The van der Waals surface area contributed by atoms with Crippen LogP contribution in [0.4, 0.5) is 0 Å². The predicted molar refractivity (Wildman–Crippen MR) is 53.1 cm³/mol. The molecule has 0 heterocycles. The van der Waals surface area contributed by atoms with Crippen molar-refractivity contribution in [1.82, 2.24) is 0 Å². The number of aromatic hydroxyl groups is 1. The summed E-state index contributed by atoms with van der Waals surface area (Å²) >= 11 is 0. The lowest BCUT2D eigenvalue weighted by Crippen LogP contribution is -2.26. The van der Waals surface area contributed by atoms with Crippen molar-refractivity contribution in [2.75, 3.05) is 0 Å². The van der Waals surface area contributed by atoms with Crippen molar-refractivity contribution < 1.29 is 15.0 Å². The van der Waals surface area contributed by atoms with Gasteiger partial charge in [-0.2, -0.15) is 0 Å². The third-order valence-electron chi connectivity index (χ3n) is 2.08. The summed E-state index contributed by atoms with van der Waals surface area (Å²) in [6.45, 7) is 1.47. The summed E-state index contributed by atoms with van der Waals surface area (Å²) in [7, 11) is 0. The lowest BCUT2D eigenvalue weighted by Gasteiger charge is -2.14. The minimum atomic E-state index is -1.27. The van der Waals surface area contributed by atoms with Gasteiger partial charge in [0.15, 0.2) is 6.29 Å². The quantitative estimate of drug-likeness (QED) is 0.710. The van der Waals surface area contributed by atoms with E-state index in [2.05, 4.69) is 0 Å². The molecule has 0 saturated carbocycles. The number of hydrogen-bond acceptors (Lipinski definition) is 3. The maximum atomic E-state index is 10.4. The van der Waals surface area contributed by atoms with Gasteiger partial charge in [0, 0.05) is 0 Å². The fraction of sp³-hybridized carbons (Fsp3) is 0.364. The molecule has 0 fully saturated rings. The van der Waals surface area contributed by atoms with E-state index in [0.29, 0.717) is 19.1 Å². The Morgan fingerprint density at radius 3 is 2.79 bits per heavy atom. The van der Waals surface area contributed by atoms with E-state index in [1.54, 1.807) is 18.2 Å². The first kappa shape index (κ1) is 10.7. The van der Waals surface area contributed by atoms with E-state index in [9.17, 15) is 9.90 Å². The zero-order valence-corrected chi connectivity index (χ0v) is 8.10. The molecule has 1 rings (SSSR count). The summed E-state index contributed by atoms with van der Waals surface area (Å²) in [4.78, 5) is 10.4. The van der Waals surface area contributed by atoms with E-state index < -0.39 is 5.60 Å². The molecule has 0 spiro atoms. The number of hydrogen-bond donors (Lipinski definition) is 2. The molecule has 0 radical (unpaired) electrons. The number of rotatable bonds is 4. The molecule has 0 bridgehead atoms. The van der Waals surface area contributed by atoms with Crippen LogP contribution in [-0.4, -0.2) is 22.1 Å². The van der Waals surface area contributed by atoms with Gasteiger partial charge in [0.1, 0.15) is 11.4 Å². The van der Waals surface area contributed by atoms with E-state index in [0.717, 1.165) is 5.56 Å². The van der Waals surface area contributed by atoms with Gasteiger partial charge in [-0.15, -0.1) is 0 Å². The largest absolute Gasteiger partial charge is 0.508 e. The van der Waals surface area contributed by atoms with Gasteiger partial charge < -0.3 is 15.0 Å². The fourth-order valence-corrected chi connectivity index (χ4v) is 1.17. The highest BCUT2D eigenvalue weighted by atomic mass is 16.3. The first-order valence-corrected chi connectivity index (χ1v) is 4.50. The average molecular weight is 194 g/mol. The number of phenols is 1. The first-order valence-electron chi connectivity index (χ1n) is 4.50. The summed E-state index contributed by atoms with van der Waals surface area (Å²) in [5.41, 5.74) is -0.363. The molecule has 1 unspecified atom stereocenters. The molecule has 1 aromatic rings. The van der Waals surface area contributed by atoms with Crippen LogP contribution in [0.15, 0.2) is 24.3 Å². The highest BCUT2D eigenvalue weighted by molar-refractivity contribution is 5.61. The van der Waals surface area contributed by atoms with E-state index >= 15 is 0 Å². The molecular formula is C11H14O3. The minimum absolute atomic E-state index is 0.202. The number of phenolic OH excluding ortho intramolecular Hbond substituents is 1. The molecule has 0 aliphatic rings. The van der Waals surface area contributed by atoms with Crippen LogP contribution in [0.5, 0.6) is 5.75 Å². The molecule has 0 amide bonds. The Bertz CT molecular complexity index is 318. The van der Waals surface area contributed by atoms with Gasteiger partial charge in [0.25, 0.3) is 0 Å². The highest BCUT2D eigenvalue weighted by Crippen LogP contribution is 2.15. The normalized spacial score (nSPS) is 14.7. The van der Waals surface area contributed by atoms with Crippen molar-refractivity contribution in [1.29, 1.82) is 0 Å². The first-order chi connectivity index (χ1) is 6.53. The lowest BCUT2D eigenvalue weighted by atomic mass is 9.98. The summed E-state index contributed by atoms with van der Waals surface area (Å²) < 4.78 is 0. The van der Waals surface area contributed by atoms with Gasteiger partial charge in [-0.05, 0) is 37.5 Å². The van der Waals surface area contributed by atoms with Crippen molar-refractivity contribution >= 4 is 6.29 Å². The third kappa shape index (κ3) is 3.18. The molecular weight excluding hydrogens is 180 g/mol. The van der Waals surface area contributed by atoms with Gasteiger partial charge in [-0.25, -0.2) is 0 Å². The van der Waals surface area contributed by atoms with Crippen molar-refractivity contribution in [3.63, 3.8) is 0 Å². The van der Waals surface area contributed by atoms with Crippen LogP contribution in [0.1, 0.15) is 18.9 Å². The van der Waals surface area contributed by atoms with Gasteiger partial charge in [-0.1, -0.05) is 12.1 Å². The Morgan fingerprint density at radius 1 is 1.50 bits per heavy atom. The summed E-state index contributed by atoms with van der Waals surface area (Å²) in [6, 6.07) is 6.79. The molecule has 0 aliphatic heterocycles. The van der Waals surface area contributed by atoms with Crippen molar-refractivity contribution in [3.8, 4) is 5.75 Å². The third-order valence-corrected chi connectivity index (χ3v) is 2.08. The van der Waals surface area contributed by atoms with Crippen LogP contribution in [-0.2, 0) is 11.2 Å². The maximum Gasteiger partial charge on any atom is 0.151 e. The molecule has 1 atom stereocenters. The molecule has 1 aromatic carbocycles. The Labute approximate surface area is 83.0 Å². The van der Waals surface area contributed by atoms with Crippen LogP contribution < -0.4 is 0 Å². The topological polar surface area (TPSA) is 57.5 Å². The highest BCUT2D eigenvalue weighted by Gasteiger charge is 2.18.